The van der Waals surface area contributed by atoms with Gasteiger partial charge in [-0.25, -0.2) is 0 Å². The molecule has 2 rings (SSSR count). The standard InChI is InChI=1S/C19H24F3NO/c1-4-18(24-19(20,21)22)17(12-14(2)3)23-11-10-16(13-23)15-8-6-5-7-9-15/h4-9,12,14,16H,10-11,13H2,1-3H3/b17-12+,18-4+. The van der Waals surface area contributed by atoms with Crippen molar-refractivity contribution in [2.45, 2.75) is 39.5 Å². The molecule has 2 nitrogen and oxygen atoms in total. The third kappa shape index (κ3) is 5.05. The lowest BCUT2D eigenvalue weighted by Gasteiger charge is -2.26. The molecule has 5 heteroatoms. The molecule has 0 aliphatic carbocycles. The van der Waals surface area contributed by atoms with Crippen LogP contribution in [0.4, 0.5) is 13.2 Å². The molecule has 1 atom stereocenters. The number of hydrogen-bond acceptors (Lipinski definition) is 2. The first-order valence-corrected chi connectivity index (χ1v) is 8.24. The Balaban J connectivity index is 2.21. The highest BCUT2D eigenvalue weighted by Crippen LogP contribution is 2.34. The molecule has 0 N–H and O–H groups in total. The zero-order valence-corrected chi connectivity index (χ0v) is 14.3. The molecular formula is C19H24F3NO. The third-order valence-corrected chi connectivity index (χ3v) is 4.03. The molecule has 1 aromatic carbocycles. The van der Waals surface area contributed by atoms with Crippen molar-refractivity contribution in [3.8, 4) is 0 Å². The molecule has 0 amide bonds. The summed E-state index contributed by atoms with van der Waals surface area (Å²) in [4.78, 5) is 2.00. The summed E-state index contributed by atoms with van der Waals surface area (Å²) < 4.78 is 42.4. The third-order valence-electron chi connectivity index (χ3n) is 4.03. The van der Waals surface area contributed by atoms with Crippen molar-refractivity contribution >= 4 is 0 Å². The van der Waals surface area contributed by atoms with Crippen LogP contribution in [-0.2, 0) is 4.74 Å². The normalized spacial score (nSPS) is 20.0. The second-order valence-corrected chi connectivity index (χ2v) is 6.34. The first kappa shape index (κ1) is 18.4. The van der Waals surface area contributed by atoms with E-state index < -0.39 is 6.36 Å². The van der Waals surface area contributed by atoms with Crippen LogP contribution < -0.4 is 0 Å². The van der Waals surface area contributed by atoms with Gasteiger partial charge in [-0.1, -0.05) is 50.3 Å². The van der Waals surface area contributed by atoms with E-state index in [9.17, 15) is 13.2 Å². The minimum absolute atomic E-state index is 0.120. The minimum atomic E-state index is -4.68. The lowest BCUT2D eigenvalue weighted by atomic mass is 9.99. The molecule has 132 valence electrons. The van der Waals surface area contributed by atoms with Crippen LogP contribution >= 0.6 is 0 Å². The van der Waals surface area contributed by atoms with Crippen molar-refractivity contribution < 1.29 is 17.9 Å². The molecule has 24 heavy (non-hydrogen) atoms. The topological polar surface area (TPSA) is 12.5 Å². The SMILES string of the molecule is C/C=C(OC(F)(F)F)\C(=C/C(C)C)N1CCC(c2ccccc2)C1. The van der Waals surface area contributed by atoms with Gasteiger partial charge in [0.15, 0.2) is 0 Å². The first-order chi connectivity index (χ1) is 11.3. The van der Waals surface area contributed by atoms with Gasteiger partial charge in [0.2, 0.25) is 0 Å². The molecular weight excluding hydrogens is 315 g/mol. The van der Waals surface area contributed by atoms with E-state index >= 15 is 0 Å². The molecule has 0 bridgehead atoms. The maximum Gasteiger partial charge on any atom is 0.573 e. The first-order valence-electron chi connectivity index (χ1n) is 8.24. The molecule has 0 radical (unpaired) electrons. The highest BCUT2D eigenvalue weighted by Gasteiger charge is 2.35. The molecule has 0 saturated carbocycles. The summed E-state index contributed by atoms with van der Waals surface area (Å²) in [5.41, 5.74) is 1.76. The van der Waals surface area contributed by atoms with Crippen molar-refractivity contribution in [1.29, 1.82) is 0 Å². The van der Waals surface area contributed by atoms with Crippen LogP contribution in [0.2, 0.25) is 0 Å². The van der Waals surface area contributed by atoms with E-state index in [0.717, 1.165) is 13.0 Å². The number of nitrogens with zero attached hydrogens (tertiary/aromatic N) is 1. The highest BCUT2D eigenvalue weighted by atomic mass is 19.4. The van der Waals surface area contributed by atoms with Crippen LogP contribution in [0.15, 0.2) is 53.9 Å². The second kappa shape index (κ2) is 7.77. The van der Waals surface area contributed by atoms with Gasteiger partial charge in [-0.3, -0.25) is 0 Å². The summed E-state index contributed by atoms with van der Waals surface area (Å²) in [7, 11) is 0. The Morgan fingerprint density at radius 2 is 1.92 bits per heavy atom. The summed E-state index contributed by atoms with van der Waals surface area (Å²) in [5, 5.41) is 0. The van der Waals surface area contributed by atoms with Crippen LogP contribution in [0.1, 0.15) is 38.7 Å². The largest absolute Gasteiger partial charge is 0.573 e. The summed E-state index contributed by atoms with van der Waals surface area (Å²) in [5.74, 6) is 0.332. The lowest BCUT2D eigenvalue weighted by Crippen LogP contribution is -2.25. The number of hydrogen-bond donors (Lipinski definition) is 0. The summed E-state index contributed by atoms with van der Waals surface area (Å²) in [6.07, 6.45) is -0.537. The number of allylic oxidation sites excluding steroid dienone is 2. The monoisotopic (exact) mass is 339 g/mol. The lowest BCUT2D eigenvalue weighted by molar-refractivity contribution is -0.304. The zero-order chi connectivity index (χ0) is 17.7. The van der Waals surface area contributed by atoms with Crippen LogP contribution in [0, 0.1) is 5.92 Å². The van der Waals surface area contributed by atoms with Crippen molar-refractivity contribution in [3.63, 3.8) is 0 Å². The molecule has 0 spiro atoms. The molecule has 0 aromatic heterocycles. The number of benzene rings is 1. The van der Waals surface area contributed by atoms with Gasteiger partial charge in [0.05, 0.1) is 5.70 Å². The van der Waals surface area contributed by atoms with Gasteiger partial charge >= 0.3 is 6.36 Å². The maximum atomic E-state index is 12.7. The molecule has 1 aliphatic rings. The molecule has 1 unspecified atom stereocenters. The van der Waals surface area contributed by atoms with Gasteiger partial charge in [-0.05, 0) is 30.9 Å². The summed E-state index contributed by atoms with van der Waals surface area (Å²) in [6, 6.07) is 10.1. The Labute approximate surface area is 141 Å². The Kier molecular flexibility index (Phi) is 5.97. The molecule has 1 fully saturated rings. The van der Waals surface area contributed by atoms with Gasteiger partial charge in [0, 0.05) is 19.0 Å². The Morgan fingerprint density at radius 3 is 2.46 bits per heavy atom. The van der Waals surface area contributed by atoms with Gasteiger partial charge in [0.25, 0.3) is 0 Å². The van der Waals surface area contributed by atoms with Crippen LogP contribution in [0.3, 0.4) is 0 Å². The molecule has 1 saturated heterocycles. The van der Waals surface area contributed by atoms with Crippen LogP contribution in [-0.4, -0.2) is 24.4 Å². The predicted molar refractivity (Wildman–Crippen MR) is 89.2 cm³/mol. The number of halogens is 3. The Morgan fingerprint density at radius 1 is 1.25 bits per heavy atom. The number of alkyl halides is 3. The van der Waals surface area contributed by atoms with E-state index in [1.807, 2.05) is 43.0 Å². The van der Waals surface area contributed by atoms with E-state index in [0.29, 0.717) is 18.2 Å². The summed E-state index contributed by atoms with van der Waals surface area (Å²) in [6.45, 7) is 6.88. The molecule has 1 aliphatic heterocycles. The van der Waals surface area contributed by atoms with Gasteiger partial charge in [0.1, 0.15) is 5.76 Å². The average Bonchev–Trinajstić information content (AvgIpc) is 3.00. The number of rotatable bonds is 5. The molecule has 1 heterocycles. The predicted octanol–water partition coefficient (Wildman–Crippen LogP) is 5.46. The Hall–Kier alpha value is -1.91. The fourth-order valence-corrected chi connectivity index (χ4v) is 3.02. The van der Waals surface area contributed by atoms with Crippen molar-refractivity contribution in [2.75, 3.05) is 13.1 Å². The smallest absolute Gasteiger partial charge is 0.404 e. The van der Waals surface area contributed by atoms with Crippen molar-refractivity contribution in [3.05, 3.63) is 59.5 Å². The van der Waals surface area contributed by atoms with Crippen molar-refractivity contribution in [2.24, 2.45) is 5.92 Å². The highest BCUT2D eigenvalue weighted by molar-refractivity contribution is 5.29. The van der Waals surface area contributed by atoms with E-state index in [1.54, 1.807) is 6.92 Å². The summed E-state index contributed by atoms with van der Waals surface area (Å²) >= 11 is 0. The van der Waals surface area contributed by atoms with Crippen LogP contribution in [0.5, 0.6) is 0 Å². The fourth-order valence-electron chi connectivity index (χ4n) is 3.02. The average molecular weight is 339 g/mol. The van der Waals surface area contributed by atoms with E-state index in [-0.39, 0.29) is 11.7 Å². The zero-order valence-electron chi connectivity index (χ0n) is 14.3. The Bertz CT molecular complexity index is 590. The maximum absolute atomic E-state index is 12.7. The van der Waals surface area contributed by atoms with E-state index in [1.165, 1.54) is 11.6 Å². The number of likely N-dealkylation sites (tertiary alicyclic amines) is 1. The van der Waals surface area contributed by atoms with E-state index in [4.69, 9.17) is 0 Å². The fraction of sp³-hybridized carbons (Fsp3) is 0.474. The van der Waals surface area contributed by atoms with Gasteiger partial charge in [-0.15, -0.1) is 13.2 Å². The second-order valence-electron chi connectivity index (χ2n) is 6.34. The van der Waals surface area contributed by atoms with Gasteiger partial charge < -0.3 is 9.64 Å². The van der Waals surface area contributed by atoms with Gasteiger partial charge in [-0.2, -0.15) is 0 Å². The van der Waals surface area contributed by atoms with Crippen LogP contribution in [0.25, 0.3) is 0 Å². The quantitative estimate of drug-likeness (QED) is 0.522. The van der Waals surface area contributed by atoms with Crippen molar-refractivity contribution in [1.82, 2.24) is 4.90 Å². The minimum Gasteiger partial charge on any atom is -0.404 e. The molecule has 1 aromatic rings. The van der Waals surface area contributed by atoms with E-state index in [2.05, 4.69) is 16.9 Å². The number of ether oxygens (including phenoxy) is 1.